The molecule has 0 aliphatic carbocycles. The van der Waals surface area contributed by atoms with Gasteiger partial charge in [0.15, 0.2) is 5.16 Å². The van der Waals surface area contributed by atoms with Gasteiger partial charge >= 0.3 is 0 Å². The minimum Gasteiger partial charge on any atom is -0.301 e. The Morgan fingerprint density at radius 2 is 1.90 bits per heavy atom. The molecule has 1 aromatic heterocycles. The van der Waals surface area contributed by atoms with E-state index in [2.05, 4.69) is 40.3 Å². The van der Waals surface area contributed by atoms with Crippen molar-refractivity contribution < 1.29 is 0 Å². The van der Waals surface area contributed by atoms with Crippen LogP contribution in [0.2, 0.25) is 0 Å². The van der Waals surface area contributed by atoms with E-state index in [1.807, 2.05) is 25.3 Å². The molecule has 0 atom stereocenters. The van der Waals surface area contributed by atoms with Crippen LogP contribution in [0.15, 0.2) is 52.4 Å². The number of nitrogens with zero attached hydrogens (tertiary/aromatic N) is 1. The van der Waals surface area contributed by atoms with E-state index in [0.29, 0.717) is 17.1 Å². The van der Waals surface area contributed by atoms with Gasteiger partial charge in [0.2, 0.25) is 0 Å². The quantitative estimate of drug-likeness (QED) is 0.594. The Morgan fingerprint density at radius 3 is 2.71 bits per heavy atom. The van der Waals surface area contributed by atoms with Crippen LogP contribution in [-0.2, 0) is 6.42 Å². The summed E-state index contributed by atoms with van der Waals surface area (Å²) in [6, 6.07) is 14.5. The molecule has 0 spiro atoms. The molecule has 0 amide bonds. The zero-order valence-electron chi connectivity index (χ0n) is 12.0. The van der Waals surface area contributed by atoms with Crippen molar-refractivity contribution in [1.82, 2.24) is 9.97 Å². The summed E-state index contributed by atoms with van der Waals surface area (Å²) in [7, 11) is 0. The second-order valence-corrected chi connectivity index (χ2v) is 5.76. The molecule has 0 aliphatic heterocycles. The smallest absolute Gasteiger partial charge is 0.254 e. The third kappa shape index (κ3) is 2.72. The molecule has 0 aliphatic rings. The monoisotopic (exact) mass is 296 g/mol. The first-order valence-electron chi connectivity index (χ1n) is 6.79. The van der Waals surface area contributed by atoms with E-state index < -0.39 is 0 Å². The van der Waals surface area contributed by atoms with Crippen LogP contribution < -0.4 is 5.56 Å². The molecule has 3 nitrogen and oxygen atoms in total. The van der Waals surface area contributed by atoms with Gasteiger partial charge in [-0.2, -0.15) is 0 Å². The van der Waals surface area contributed by atoms with E-state index in [-0.39, 0.29) is 5.56 Å². The largest absolute Gasteiger partial charge is 0.301 e. The molecular weight excluding hydrogens is 280 g/mol. The van der Waals surface area contributed by atoms with Gasteiger partial charge in [0.25, 0.3) is 5.56 Å². The van der Waals surface area contributed by atoms with Gasteiger partial charge in [-0.25, -0.2) is 4.98 Å². The van der Waals surface area contributed by atoms with Crippen LogP contribution in [-0.4, -0.2) is 16.2 Å². The molecule has 21 heavy (non-hydrogen) atoms. The Kier molecular flexibility index (Phi) is 3.80. The highest BCUT2D eigenvalue weighted by molar-refractivity contribution is 7.98. The molecule has 0 fully saturated rings. The molecule has 2 aromatic carbocycles. The molecule has 1 heterocycles. The van der Waals surface area contributed by atoms with Crippen molar-refractivity contribution in [2.24, 2.45) is 0 Å². The van der Waals surface area contributed by atoms with Crippen molar-refractivity contribution in [2.75, 3.05) is 6.26 Å². The van der Waals surface area contributed by atoms with Gasteiger partial charge in [-0.3, -0.25) is 4.79 Å². The van der Waals surface area contributed by atoms with Crippen LogP contribution in [0.4, 0.5) is 0 Å². The van der Waals surface area contributed by atoms with Crippen LogP contribution in [0.25, 0.3) is 10.8 Å². The molecule has 3 aromatic rings. The van der Waals surface area contributed by atoms with Gasteiger partial charge in [0, 0.05) is 12.0 Å². The van der Waals surface area contributed by atoms with Crippen molar-refractivity contribution >= 4 is 22.5 Å². The van der Waals surface area contributed by atoms with Crippen molar-refractivity contribution in [3.05, 3.63) is 69.6 Å². The zero-order valence-corrected chi connectivity index (χ0v) is 12.8. The first-order valence-corrected chi connectivity index (χ1v) is 8.02. The summed E-state index contributed by atoms with van der Waals surface area (Å²) >= 11 is 1.45. The Labute approximate surface area is 127 Å². The van der Waals surface area contributed by atoms with Gasteiger partial charge < -0.3 is 4.98 Å². The number of rotatable bonds is 3. The van der Waals surface area contributed by atoms with Crippen LogP contribution in [0.1, 0.15) is 16.8 Å². The molecule has 0 radical (unpaired) electrons. The highest BCUT2D eigenvalue weighted by Crippen LogP contribution is 2.21. The molecule has 0 saturated heterocycles. The first kappa shape index (κ1) is 13.9. The molecule has 106 valence electrons. The Bertz CT molecular complexity index is 850. The Morgan fingerprint density at radius 1 is 1.14 bits per heavy atom. The van der Waals surface area contributed by atoms with Crippen LogP contribution >= 0.6 is 11.8 Å². The van der Waals surface area contributed by atoms with Crippen molar-refractivity contribution in [2.45, 2.75) is 18.5 Å². The van der Waals surface area contributed by atoms with E-state index >= 15 is 0 Å². The predicted octanol–water partition coefficient (Wildman–Crippen LogP) is 3.54. The van der Waals surface area contributed by atoms with Crippen LogP contribution in [0, 0.1) is 6.92 Å². The summed E-state index contributed by atoms with van der Waals surface area (Å²) in [5.74, 6) is 0. The molecule has 3 rings (SSSR count). The number of hydrogen-bond acceptors (Lipinski definition) is 3. The fraction of sp³-hybridized carbons (Fsp3) is 0.176. The van der Waals surface area contributed by atoms with Gasteiger partial charge in [-0.1, -0.05) is 54.2 Å². The normalized spacial score (nSPS) is 11.0. The summed E-state index contributed by atoms with van der Waals surface area (Å²) in [6.45, 7) is 1.83. The molecule has 0 unspecified atom stereocenters. The fourth-order valence-corrected chi connectivity index (χ4v) is 2.85. The lowest BCUT2D eigenvalue weighted by Gasteiger charge is -2.09. The summed E-state index contributed by atoms with van der Waals surface area (Å²) in [4.78, 5) is 19.3. The number of benzene rings is 2. The van der Waals surface area contributed by atoms with Crippen LogP contribution in [0.3, 0.4) is 0 Å². The lowest BCUT2D eigenvalue weighted by atomic mass is 9.99. The second-order valence-electron chi connectivity index (χ2n) is 4.96. The lowest BCUT2D eigenvalue weighted by Crippen LogP contribution is -2.16. The minimum absolute atomic E-state index is 0.0513. The summed E-state index contributed by atoms with van der Waals surface area (Å²) in [5, 5.41) is 3.09. The lowest BCUT2D eigenvalue weighted by molar-refractivity contribution is 0.861. The first-order chi connectivity index (χ1) is 10.2. The number of thioether (sulfide) groups is 1. The maximum absolute atomic E-state index is 12.0. The predicted molar refractivity (Wildman–Crippen MR) is 88.1 cm³/mol. The summed E-state index contributed by atoms with van der Waals surface area (Å²) in [5.41, 5.74) is 2.69. The average Bonchev–Trinajstić information content (AvgIpc) is 2.52. The van der Waals surface area contributed by atoms with Gasteiger partial charge in [0.1, 0.15) is 0 Å². The molecule has 4 heteroatoms. The highest BCUT2D eigenvalue weighted by Gasteiger charge is 2.09. The number of aromatic amines is 1. The Balaban J connectivity index is 2.11. The van der Waals surface area contributed by atoms with Crippen molar-refractivity contribution in [3.63, 3.8) is 0 Å². The summed E-state index contributed by atoms with van der Waals surface area (Å²) < 4.78 is 0. The molecule has 0 saturated carbocycles. The fourth-order valence-electron chi connectivity index (χ4n) is 2.45. The minimum atomic E-state index is -0.0513. The molecule has 0 bridgehead atoms. The third-order valence-corrected chi connectivity index (χ3v) is 4.24. The number of hydrogen-bond donors (Lipinski definition) is 1. The standard InChI is InChI=1S/C17H16N2OS/c1-11-15(18-17(21-2)19-16(11)20)10-13-8-5-7-12-6-3-4-9-14(12)13/h3-9H,10H2,1-2H3,(H,18,19,20). The number of nitrogens with one attached hydrogen (secondary N) is 1. The maximum atomic E-state index is 12.0. The van der Waals surface area contributed by atoms with E-state index in [1.54, 1.807) is 0 Å². The number of aromatic nitrogens is 2. The van der Waals surface area contributed by atoms with Gasteiger partial charge in [0.05, 0.1) is 5.69 Å². The van der Waals surface area contributed by atoms with E-state index in [0.717, 1.165) is 5.69 Å². The highest BCUT2D eigenvalue weighted by atomic mass is 32.2. The second kappa shape index (κ2) is 5.74. The van der Waals surface area contributed by atoms with E-state index in [9.17, 15) is 4.79 Å². The summed E-state index contributed by atoms with van der Waals surface area (Å²) in [6.07, 6.45) is 2.58. The molecule has 1 N–H and O–H groups in total. The number of fused-ring (bicyclic) bond motifs is 1. The zero-order chi connectivity index (χ0) is 14.8. The van der Waals surface area contributed by atoms with Gasteiger partial charge in [-0.05, 0) is 29.5 Å². The third-order valence-electron chi connectivity index (χ3n) is 3.66. The average molecular weight is 296 g/mol. The van der Waals surface area contributed by atoms with Crippen LogP contribution in [0.5, 0.6) is 0 Å². The Hall–Kier alpha value is -2.07. The maximum Gasteiger partial charge on any atom is 0.254 e. The SMILES string of the molecule is CSc1nc(Cc2cccc3ccccc23)c(C)c(=O)[nH]1. The van der Waals surface area contributed by atoms with Crippen molar-refractivity contribution in [1.29, 1.82) is 0 Å². The topological polar surface area (TPSA) is 45.8 Å². The van der Waals surface area contributed by atoms with Crippen molar-refractivity contribution in [3.8, 4) is 0 Å². The van der Waals surface area contributed by atoms with Gasteiger partial charge in [-0.15, -0.1) is 0 Å². The number of H-pyrrole nitrogens is 1. The van der Waals surface area contributed by atoms with E-state index in [4.69, 9.17) is 0 Å². The van der Waals surface area contributed by atoms with E-state index in [1.165, 1.54) is 28.1 Å². The molecular formula is C17H16N2OS.